The zero-order chi connectivity index (χ0) is 23.2. The van der Waals surface area contributed by atoms with Crippen LogP contribution in [0.4, 0.5) is 5.82 Å². The van der Waals surface area contributed by atoms with Gasteiger partial charge in [-0.05, 0) is 29.8 Å². The molecule has 0 fully saturated rings. The number of rotatable bonds is 9. The number of H-pyrrole nitrogens is 1. The minimum absolute atomic E-state index is 0.0996. The Morgan fingerprint density at radius 3 is 2.67 bits per heavy atom. The summed E-state index contributed by atoms with van der Waals surface area (Å²) in [6.45, 7) is 0.386. The number of carbonyl (C=O) groups excluding carboxylic acids is 2. The first-order valence-electron chi connectivity index (χ1n) is 10.3. The second kappa shape index (κ2) is 10.2. The van der Waals surface area contributed by atoms with Gasteiger partial charge in [0.15, 0.2) is 0 Å². The van der Waals surface area contributed by atoms with Gasteiger partial charge in [0.1, 0.15) is 22.1 Å². The minimum Gasteiger partial charge on any atom is -0.497 e. The molecule has 0 radical (unpaired) electrons. The Kier molecular flexibility index (Phi) is 6.89. The Hall–Kier alpha value is -3.85. The fourth-order valence-electron chi connectivity index (χ4n) is 3.46. The smallest absolute Gasteiger partial charge is 0.229 e. The number of aromatic nitrogens is 2. The van der Waals surface area contributed by atoms with Crippen molar-refractivity contribution in [3.8, 4) is 11.5 Å². The Bertz CT molecular complexity index is 1280. The second-order valence-corrected chi connectivity index (χ2v) is 8.49. The van der Waals surface area contributed by atoms with E-state index in [1.54, 1.807) is 14.2 Å². The molecule has 3 N–H and O–H groups in total. The van der Waals surface area contributed by atoms with Crippen LogP contribution in [0.5, 0.6) is 11.5 Å². The average Bonchev–Trinajstić information content (AvgIpc) is 3.38. The van der Waals surface area contributed by atoms with Crippen molar-refractivity contribution in [1.29, 1.82) is 0 Å². The molecule has 2 aromatic carbocycles. The molecule has 9 heteroatoms. The van der Waals surface area contributed by atoms with E-state index in [1.807, 2.05) is 54.6 Å². The first kappa shape index (κ1) is 22.3. The fourth-order valence-corrected chi connectivity index (χ4v) is 4.45. The minimum atomic E-state index is -0.170. The number of nitrogens with zero attached hydrogens (tertiary/aromatic N) is 1. The van der Waals surface area contributed by atoms with Crippen molar-refractivity contribution in [2.24, 2.45) is 0 Å². The molecule has 0 saturated heterocycles. The van der Waals surface area contributed by atoms with E-state index in [2.05, 4.69) is 20.8 Å². The summed E-state index contributed by atoms with van der Waals surface area (Å²) in [7, 11) is 3.20. The number of benzene rings is 2. The third kappa shape index (κ3) is 5.50. The number of nitrogens with one attached hydrogen (secondary N) is 3. The summed E-state index contributed by atoms with van der Waals surface area (Å²) < 4.78 is 10.5. The molecule has 8 nitrogen and oxygen atoms in total. The van der Waals surface area contributed by atoms with Crippen LogP contribution in [0.15, 0.2) is 54.6 Å². The molecule has 0 aliphatic rings. The Balaban J connectivity index is 1.36. The van der Waals surface area contributed by atoms with Crippen LogP contribution < -0.4 is 20.1 Å². The number of carbonyl (C=O) groups is 2. The maximum absolute atomic E-state index is 12.5. The molecule has 0 aliphatic heterocycles. The lowest BCUT2D eigenvalue weighted by molar-refractivity contribution is -0.120. The van der Waals surface area contributed by atoms with Crippen LogP contribution in [0.2, 0.25) is 0 Å². The number of hydrogen-bond donors (Lipinski definition) is 3. The van der Waals surface area contributed by atoms with Crippen LogP contribution in [0, 0.1) is 0 Å². The molecule has 2 amide bonds. The fraction of sp³-hybridized carbons (Fsp3) is 0.208. The Labute approximate surface area is 194 Å². The molecule has 0 unspecified atom stereocenters. The highest BCUT2D eigenvalue weighted by atomic mass is 32.1. The van der Waals surface area contributed by atoms with E-state index in [1.165, 1.54) is 11.3 Å². The first-order valence-corrected chi connectivity index (χ1v) is 11.2. The molecule has 0 spiro atoms. The summed E-state index contributed by atoms with van der Waals surface area (Å²) in [6.07, 6.45) is 0.438. The van der Waals surface area contributed by atoms with Gasteiger partial charge >= 0.3 is 0 Å². The predicted molar refractivity (Wildman–Crippen MR) is 128 cm³/mol. The van der Waals surface area contributed by atoms with E-state index in [4.69, 9.17) is 9.47 Å². The average molecular weight is 465 g/mol. The van der Waals surface area contributed by atoms with Crippen molar-refractivity contribution in [2.45, 2.75) is 19.4 Å². The van der Waals surface area contributed by atoms with Gasteiger partial charge < -0.3 is 20.1 Å². The van der Waals surface area contributed by atoms with Gasteiger partial charge in [0.05, 0.1) is 32.4 Å². The van der Waals surface area contributed by atoms with Crippen LogP contribution in [-0.4, -0.2) is 36.2 Å². The summed E-state index contributed by atoms with van der Waals surface area (Å²) in [5.74, 6) is 1.70. The van der Waals surface area contributed by atoms with Gasteiger partial charge in [-0.15, -0.1) is 11.3 Å². The Morgan fingerprint density at radius 1 is 1.00 bits per heavy atom. The van der Waals surface area contributed by atoms with Crippen LogP contribution in [0.25, 0.3) is 10.2 Å². The van der Waals surface area contributed by atoms with E-state index in [-0.39, 0.29) is 24.7 Å². The van der Waals surface area contributed by atoms with Crippen molar-refractivity contribution in [1.82, 2.24) is 15.5 Å². The molecular weight excluding hydrogens is 440 g/mol. The lowest BCUT2D eigenvalue weighted by atomic mass is 10.1. The molecule has 170 valence electrons. The molecule has 2 aromatic heterocycles. The van der Waals surface area contributed by atoms with E-state index >= 15 is 0 Å². The van der Waals surface area contributed by atoms with Crippen LogP contribution in [0.3, 0.4) is 0 Å². The van der Waals surface area contributed by atoms with Gasteiger partial charge in [-0.3, -0.25) is 14.7 Å². The number of methoxy groups -OCH3 is 2. The molecule has 0 atom stereocenters. The predicted octanol–water partition coefficient (Wildman–Crippen LogP) is 3.68. The highest BCUT2D eigenvalue weighted by molar-refractivity contribution is 7.18. The van der Waals surface area contributed by atoms with Gasteiger partial charge in [-0.1, -0.05) is 30.3 Å². The zero-order valence-electron chi connectivity index (χ0n) is 18.3. The standard InChI is InChI=1S/C24H24N4O4S/c1-31-17-8-5-6-15(10-17)11-22(30)26-23-19-12-18(33-24(19)28-27-23)13-21(29)25-14-16-7-3-4-9-20(16)32-2/h3-10,12H,11,13-14H2,1-2H3,(H,25,29)(H2,26,27,28,30). The third-order valence-corrected chi connectivity index (χ3v) is 6.10. The third-order valence-electron chi connectivity index (χ3n) is 5.07. The van der Waals surface area contributed by atoms with E-state index < -0.39 is 0 Å². The van der Waals surface area contributed by atoms with Crippen molar-refractivity contribution >= 4 is 39.2 Å². The quantitative estimate of drug-likeness (QED) is 0.350. The van der Waals surface area contributed by atoms with Crippen LogP contribution in [-0.2, 0) is 29.0 Å². The lowest BCUT2D eigenvalue weighted by Gasteiger charge is -2.09. The molecule has 0 aliphatic carbocycles. The number of hydrogen-bond acceptors (Lipinski definition) is 6. The largest absolute Gasteiger partial charge is 0.497 e. The highest BCUT2D eigenvalue weighted by Crippen LogP contribution is 2.29. The monoisotopic (exact) mass is 464 g/mol. The normalized spacial score (nSPS) is 10.7. The van der Waals surface area contributed by atoms with E-state index in [9.17, 15) is 9.59 Å². The maximum Gasteiger partial charge on any atom is 0.229 e. The second-order valence-electron chi connectivity index (χ2n) is 7.37. The molecule has 4 aromatic rings. The van der Waals surface area contributed by atoms with Crippen LogP contribution in [0.1, 0.15) is 16.0 Å². The van der Waals surface area contributed by atoms with Crippen molar-refractivity contribution in [3.63, 3.8) is 0 Å². The van der Waals surface area contributed by atoms with Gasteiger partial charge in [-0.25, -0.2) is 0 Å². The van der Waals surface area contributed by atoms with Gasteiger partial charge in [0.25, 0.3) is 0 Å². The molecule has 0 saturated carbocycles. The number of amides is 2. The SMILES string of the molecule is COc1cccc(CC(=O)Nc2[nH]nc3sc(CC(=O)NCc4ccccc4OC)cc23)c1. The maximum atomic E-state index is 12.5. The number of thiophene rings is 1. The van der Waals surface area contributed by atoms with Crippen LogP contribution >= 0.6 is 11.3 Å². The summed E-state index contributed by atoms with van der Waals surface area (Å²) >= 11 is 1.42. The molecule has 4 rings (SSSR count). The highest BCUT2D eigenvalue weighted by Gasteiger charge is 2.15. The van der Waals surface area contributed by atoms with Crippen molar-refractivity contribution in [3.05, 3.63) is 70.6 Å². The van der Waals surface area contributed by atoms with Crippen molar-refractivity contribution in [2.75, 3.05) is 19.5 Å². The number of anilines is 1. The topological polar surface area (TPSA) is 105 Å². The number of para-hydroxylation sites is 1. The van der Waals surface area contributed by atoms with E-state index in [0.29, 0.717) is 18.1 Å². The molecule has 33 heavy (non-hydrogen) atoms. The molecule has 2 heterocycles. The molecular formula is C24H24N4O4S. The lowest BCUT2D eigenvalue weighted by Crippen LogP contribution is -2.24. The summed E-state index contributed by atoms with van der Waals surface area (Å²) in [5, 5.41) is 13.7. The van der Waals surface area contributed by atoms with Gasteiger partial charge in [-0.2, -0.15) is 5.10 Å². The van der Waals surface area contributed by atoms with Gasteiger partial charge in [0.2, 0.25) is 11.8 Å². The summed E-state index contributed by atoms with van der Waals surface area (Å²) in [4.78, 5) is 26.6. The zero-order valence-corrected chi connectivity index (χ0v) is 19.1. The summed E-state index contributed by atoms with van der Waals surface area (Å²) in [5.41, 5.74) is 1.76. The number of aromatic amines is 1. The summed E-state index contributed by atoms with van der Waals surface area (Å²) in [6, 6.07) is 16.8. The molecule has 0 bridgehead atoms. The van der Waals surface area contributed by atoms with E-state index in [0.717, 1.165) is 32.0 Å². The first-order chi connectivity index (χ1) is 16.1. The number of ether oxygens (including phenoxy) is 2. The van der Waals surface area contributed by atoms with Crippen molar-refractivity contribution < 1.29 is 19.1 Å². The number of fused-ring (bicyclic) bond motifs is 1. The Morgan fingerprint density at radius 2 is 1.85 bits per heavy atom. The van der Waals surface area contributed by atoms with Gasteiger partial charge in [0, 0.05) is 17.0 Å².